The van der Waals surface area contributed by atoms with Crippen LogP contribution in [0.2, 0.25) is 0 Å². The zero-order valence-electron chi connectivity index (χ0n) is 11.5. The molecule has 0 radical (unpaired) electrons. The van der Waals surface area contributed by atoms with Crippen LogP contribution in [0.15, 0.2) is 8.96 Å². The van der Waals surface area contributed by atoms with Crippen molar-refractivity contribution in [2.24, 2.45) is 17.8 Å². The predicted molar refractivity (Wildman–Crippen MR) is 81.0 cm³/mol. The summed E-state index contributed by atoms with van der Waals surface area (Å²) < 4.78 is 12.4. The minimum atomic E-state index is -0.585. The molecule has 1 aliphatic carbocycles. The van der Waals surface area contributed by atoms with Gasteiger partial charge < -0.3 is 9.47 Å². The van der Waals surface area contributed by atoms with Crippen LogP contribution < -0.4 is 0 Å². The second-order valence-electron chi connectivity index (χ2n) is 5.90. The Morgan fingerprint density at radius 3 is 2.53 bits per heavy atom. The molecule has 0 aromatic heterocycles. The fourth-order valence-corrected chi connectivity index (χ4v) is 3.56. The highest BCUT2D eigenvalue weighted by Crippen LogP contribution is 2.39. The van der Waals surface area contributed by atoms with Gasteiger partial charge in [0.05, 0.1) is 10.6 Å². The number of hydrogen-bond acceptors (Lipinski definition) is 3. The van der Waals surface area contributed by atoms with Crippen molar-refractivity contribution in [3.63, 3.8) is 0 Å². The van der Waals surface area contributed by atoms with Crippen molar-refractivity contribution in [2.45, 2.75) is 52.4 Å². The fourth-order valence-electron chi connectivity index (χ4n) is 2.92. The number of halogens is 2. The van der Waals surface area contributed by atoms with Crippen LogP contribution in [0.3, 0.4) is 0 Å². The Kier molecular flexibility index (Phi) is 5.12. The zero-order valence-corrected chi connectivity index (χ0v) is 14.7. The molecule has 3 nitrogen and oxygen atoms in total. The molecule has 1 aliphatic heterocycles. The van der Waals surface area contributed by atoms with Gasteiger partial charge in [-0.15, -0.1) is 0 Å². The van der Waals surface area contributed by atoms with Gasteiger partial charge in [0.25, 0.3) is 0 Å². The van der Waals surface area contributed by atoms with E-state index in [1.807, 2.05) is 0 Å². The lowest BCUT2D eigenvalue weighted by Crippen LogP contribution is -2.37. The topological polar surface area (TPSA) is 35.5 Å². The first-order valence-corrected chi connectivity index (χ1v) is 8.40. The molecule has 0 spiro atoms. The molecule has 1 heterocycles. The van der Waals surface area contributed by atoms with Crippen LogP contribution in [0.4, 0.5) is 0 Å². The second kappa shape index (κ2) is 6.27. The molecule has 0 N–H and O–H groups in total. The van der Waals surface area contributed by atoms with E-state index in [1.165, 1.54) is 12.8 Å². The Hall–Kier alpha value is 0.130. The first-order chi connectivity index (χ1) is 8.90. The molecule has 1 fully saturated rings. The third kappa shape index (κ3) is 3.42. The van der Waals surface area contributed by atoms with Crippen molar-refractivity contribution in [1.82, 2.24) is 0 Å². The molecule has 0 amide bonds. The lowest BCUT2D eigenvalue weighted by Gasteiger charge is -2.38. The highest BCUT2D eigenvalue weighted by atomic mass is 79.9. The van der Waals surface area contributed by atoms with Crippen molar-refractivity contribution < 1.29 is 14.3 Å². The molecule has 0 saturated heterocycles. The smallest absolute Gasteiger partial charge is 0.348 e. The summed E-state index contributed by atoms with van der Waals surface area (Å²) in [6.07, 6.45) is 3.06. The summed E-state index contributed by atoms with van der Waals surface area (Å²) in [4.78, 5) is 11.5. The van der Waals surface area contributed by atoms with Crippen LogP contribution in [-0.4, -0.2) is 18.4 Å². The molecule has 0 aromatic carbocycles. The summed E-state index contributed by atoms with van der Waals surface area (Å²) in [5.41, 5.74) is 0. The van der Waals surface area contributed by atoms with E-state index < -0.39 is 6.29 Å². The van der Waals surface area contributed by atoms with E-state index in [0.29, 0.717) is 26.7 Å². The molecule has 0 bridgehead atoms. The van der Waals surface area contributed by atoms with Crippen LogP contribution in [0.25, 0.3) is 0 Å². The number of esters is 1. The van der Waals surface area contributed by atoms with E-state index in [0.717, 1.165) is 6.42 Å². The van der Waals surface area contributed by atoms with Gasteiger partial charge in [-0.3, -0.25) is 0 Å². The number of cyclic esters (lactones) is 1. The van der Waals surface area contributed by atoms with Crippen LogP contribution in [-0.2, 0) is 14.3 Å². The van der Waals surface area contributed by atoms with Crippen LogP contribution in [0.1, 0.15) is 40.0 Å². The standard InChI is InChI=1S/C14H20Br2O3/c1-7(2)9-5-4-8(3)6-10(9)18-14-12(16)11(15)13(17)19-14/h7-10,14H,4-6H2,1-3H3/t8-,9+,10-,14+/m1/s1. The molecular formula is C14H20Br2O3. The largest absolute Gasteiger partial charge is 0.427 e. The molecule has 1 saturated carbocycles. The Morgan fingerprint density at radius 2 is 2.00 bits per heavy atom. The minimum Gasteiger partial charge on any atom is -0.427 e. The van der Waals surface area contributed by atoms with Crippen molar-refractivity contribution in [3.05, 3.63) is 8.96 Å². The maximum atomic E-state index is 11.5. The third-order valence-corrected chi connectivity index (χ3v) is 6.12. The molecule has 2 aliphatic rings. The summed E-state index contributed by atoms with van der Waals surface area (Å²) in [5, 5.41) is 0. The van der Waals surface area contributed by atoms with Crippen LogP contribution >= 0.6 is 31.9 Å². The summed E-state index contributed by atoms with van der Waals surface area (Å²) in [5.74, 6) is 1.43. The average Bonchev–Trinajstić information content (AvgIpc) is 2.57. The second-order valence-corrected chi connectivity index (χ2v) is 7.55. The molecule has 0 unspecified atom stereocenters. The van der Waals surface area contributed by atoms with Crippen LogP contribution in [0, 0.1) is 17.8 Å². The molecular weight excluding hydrogens is 376 g/mol. The molecule has 5 heteroatoms. The van der Waals surface area contributed by atoms with Gasteiger partial charge in [0.15, 0.2) is 0 Å². The lowest BCUT2D eigenvalue weighted by molar-refractivity contribution is -0.179. The number of carbonyl (C=O) groups is 1. The summed E-state index contributed by atoms with van der Waals surface area (Å²) in [6.45, 7) is 6.73. The predicted octanol–water partition coefficient (Wildman–Crippen LogP) is 4.35. The van der Waals surface area contributed by atoms with Crippen molar-refractivity contribution in [2.75, 3.05) is 0 Å². The Morgan fingerprint density at radius 1 is 1.32 bits per heavy atom. The fraction of sp³-hybridized carbons (Fsp3) is 0.786. The van der Waals surface area contributed by atoms with Crippen molar-refractivity contribution >= 4 is 37.8 Å². The van der Waals surface area contributed by atoms with Gasteiger partial charge in [-0.2, -0.15) is 0 Å². The SMILES string of the molecule is CC(C)[C@@H]1CC[C@@H](C)C[C@H]1O[C@H]1OC(=O)C(Br)=C1Br. The first-order valence-electron chi connectivity index (χ1n) is 6.81. The highest BCUT2D eigenvalue weighted by Gasteiger charge is 2.38. The van der Waals surface area contributed by atoms with Crippen LogP contribution in [0.5, 0.6) is 0 Å². The molecule has 4 atom stereocenters. The molecule has 108 valence electrons. The number of rotatable bonds is 3. The molecule has 2 rings (SSSR count). The lowest BCUT2D eigenvalue weighted by atomic mass is 9.75. The monoisotopic (exact) mass is 394 g/mol. The summed E-state index contributed by atoms with van der Waals surface area (Å²) >= 11 is 6.58. The summed E-state index contributed by atoms with van der Waals surface area (Å²) in [6, 6.07) is 0. The van der Waals surface area contributed by atoms with Crippen molar-refractivity contribution in [3.8, 4) is 0 Å². The maximum absolute atomic E-state index is 11.5. The van der Waals surface area contributed by atoms with E-state index >= 15 is 0 Å². The normalized spacial score (nSPS) is 36.0. The zero-order chi connectivity index (χ0) is 14.2. The number of carbonyl (C=O) groups excluding carboxylic acids is 1. The minimum absolute atomic E-state index is 0.160. The maximum Gasteiger partial charge on any atom is 0.348 e. The van der Waals surface area contributed by atoms with Gasteiger partial charge in [-0.25, -0.2) is 4.79 Å². The van der Waals surface area contributed by atoms with Gasteiger partial charge in [-0.05, 0) is 62.5 Å². The average molecular weight is 396 g/mol. The van der Waals surface area contributed by atoms with Gasteiger partial charge in [0, 0.05) is 0 Å². The first kappa shape index (κ1) is 15.5. The Labute approximate surface area is 131 Å². The van der Waals surface area contributed by atoms with Gasteiger partial charge in [-0.1, -0.05) is 27.2 Å². The highest BCUT2D eigenvalue weighted by molar-refractivity contribution is 9.14. The third-order valence-electron chi connectivity index (χ3n) is 4.07. The quantitative estimate of drug-likeness (QED) is 0.666. The van der Waals surface area contributed by atoms with Gasteiger partial charge in [0.2, 0.25) is 6.29 Å². The molecule has 19 heavy (non-hydrogen) atoms. The van der Waals surface area contributed by atoms with E-state index in [2.05, 4.69) is 52.6 Å². The van der Waals surface area contributed by atoms with Gasteiger partial charge >= 0.3 is 5.97 Å². The number of ether oxygens (including phenoxy) is 2. The van der Waals surface area contributed by atoms with E-state index in [1.54, 1.807) is 0 Å². The van der Waals surface area contributed by atoms with E-state index in [-0.39, 0.29) is 12.1 Å². The van der Waals surface area contributed by atoms with Crippen molar-refractivity contribution in [1.29, 1.82) is 0 Å². The van der Waals surface area contributed by atoms with Gasteiger partial charge in [0.1, 0.15) is 4.48 Å². The van der Waals surface area contributed by atoms with E-state index in [9.17, 15) is 4.79 Å². The van der Waals surface area contributed by atoms with E-state index in [4.69, 9.17) is 9.47 Å². The number of hydrogen-bond donors (Lipinski definition) is 0. The Bertz CT molecular complexity index is 392. The summed E-state index contributed by atoms with van der Waals surface area (Å²) in [7, 11) is 0. The molecule has 0 aromatic rings. The Balaban J connectivity index is 2.06.